The normalized spacial score (nSPS) is 11.0. The van der Waals surface area contributed by atoms with Gasteiger partial charge in [-0.15, -0.1) is 22.7 Å². The number of aromatic nitrogens is 6. The van der Waals surface area contributed by atoms with Crippen molar-refractivity contribution in [3.63, 3.8) is 0 Å². The minimum Gasteiger partial charge on any atom is -2.00 e. The number of fused-ring (bicyclic) bond motifs is 6. The van der Waals surface area contributed by atoms with E-state index in [0.29, 0.717) is 34.9 Å². The van der Waals surface area contributed by atoms with Crippen molar-refractivity contribution in [3.05, 3.63) is 253 Å². The summed E-state index contributed by atoms with van der Waals surface area (Å²) in [4.78, 5) is 30.3. The third-order valence-electron chi connectivity index (χ3n) is 13.2. The highest BCUT2D eigenvalue weighted by Gasteiger charge is 2.21. The van der Waals surface area contributed by atoms with Gasteiger partial charge in [0.1, 0.15) is 0 Å². The van der Waals surface area contributed by atoms with Gasteiger partial charge in [0.15, 0.2) is 34.9 Å². The Bertz CT molecular complexity index is 4380. The second-order valence-electron chi connectivity index (χ2n) is 17.9. The lowest BCUT2D eigenvalue weighted by molar-refractivity contribution is 1.08. The van der Waals surface area contributed by atoms with Crippen molar-refractivity contribution in [2.75, 3.05) is 0 Å². The van der Waals surface area contributed by atoms with Gasteiger partial charge in [0, 0.05) is 78.2 Å². The highest BCUT2D eigenvalue weighted by Crippen LogP contribution is 2.43. The lowest BCUT2D eigenvalue weighted by atomic mass is 9.99. The number of thiophene rings is 2. The molecule has 77 heavy (non-hydrogen) atoms. The topological polar surface area (TPSA) is 77.3 Å². The first-order valence-corrected chi connectivity index (χ1v) is 27.0. The molecule has 0 saturated carbocycles. The Kier molecular flexibility index (Phi) is 15.0. The Hall–Kier alpha value is -8.16. The summed E-state index contributed by atoms with van der Waals surface area (Å²) in [6, 6.07) is 85.4. The monoisotopic (exact) mass is 1130 g/mol. The van der Waals surface area contributed by atoms with Gasteiger partial charge in [-0.25, -0.2) is 29.9 Å². The fraction of sp³-hybridized carbons (Fsp3) is 0. The van der Waals surface area contributed by atoms with Gasteiger partial charge < -0.3 is 27.0 Å². The second-order valence-corrected chi connectivity index (χ2v) is 20.9. The number of nitrogens with zero attached hydrogens (tertiary/aromatic N) is 6. The first-order chi connectivity index (χ1) is 37.1. The van der Waals surface area contributed by atoms with Crippen LogP contribution in [0, 0.1) is 0 Å². The molecule has 14 rings (SSSR count). The van der Waals surface area contributed by atoms with Crippen molar-refractivity contribution in [1.29, 1.82) is 0 Å². The van der Waals surface area contributed by atoms with E-state index >= 15 is 0 Å². The minimum atomic E-state index is 0. The lowest BCUT2D eigenvalue weighted by Gasteiger charge is -2.12. The van der Waals surface area contributed by atoms with Gasteiger partial charge in [0.25, 0.3) is 0 Å². The number of hydrogen-bond donors (Lipinski definition) is 0. The van der Waals surface area contributed by atoms with Crippen molar-refractivity contribution >= 4 is 106 Å². The molecule has 0 aliphatic carbocycles. The van der Waals surface area contributed by atoms with Gasteiger partial charge in [-0.05, 0) is 58.7 Å². The zero-order chi connectivity index (χ0) is 50.1. The fourth-order valence-corrected chi connectivity index (χ4v) is 12.3. The van der Waals surface area contributed by atoms with Crippen molar-refractivity contribution in [1.82, 2.24) is 29.9 Å². The molecule has 0 amide bonds. The number of thiol groups is 1. The summed E-state index contributed by atoms with van der Waals surface area (Å²) >= 11 is 7.25. The van der Waals surface area contributed by atoms with E-state index in [2.05, 4.69) is 180 Å². The van der Waals surface area contributed by atoms with E-state index < -0.39 is 0 Å². The highest BCUT2D eigenvalue weighted by atomic mass is 79.9. The summed E-state index contributed by atoms with van der Waals surface area (Å²) in [6.07, 6.45) is 0. The van der Waals surface area contributed by atoms with Crippen LogP contribution in [0.4, 0.5) is 0 Å². The maximum atomic E-state index is 5.12. The van der Waals surface area contributed by atoms with Crippen LogP contribution in [0.3, 0.4) is 0 Å². The molecule has 0 saturated heterocycles. The Morgan fingerprint density at radius 1 is 0.260 bits per heavy atom. The Morgan fingerprint density at radius 3 is 1.05 bits per heavy atom. The summed E-state index contributed by atoms with van der Waals surface area (Å²) < 4.78 is 5.99. The van der Waals surface area contributed by atoms with Gasteiger partial charge in [0.05, 0.1) is 0 Å². The van der Waals surface area contributed by atoms with E-state index in [4.69, 9.17) is 29.9 Å². The van der Waals surface area contributed by atoms with Crippen LogP contribution >= 0.6 is 38.6 Å². The molecule has 6 nitrogen and oxygen atoms in total. The summed E-state index contributed by atoms with van der Waals surface area (Å²) in [7, 11) is 0. The Morgan fingerprint density at radius 2 is 0.584 bits per heavy atom. The van der Waals surface area contributed by atoms with Crippen LogP contribution in [-0.4, -0.2) is 29.9 Å². The number of hydrogen-bond acceptors (Lipinski definition) is 9. The molecule has 0 N–H and O–H groups in total. The van der Waals surface area contributed by atoms with Crippen LogP contribution < -0.4 is 0 Å². The molecule has 4 aromatic heterocycles. The van der Waals surface area contributed by atoms with Crippen molar-refractivity contribution in [2.45, 2.75) is 0 Å². The molecular weight excluding hydrogens is 1080 g/mol. The molecule has 0 fully saturated rings. The largest absolute Gasteiger partial charge is 2.00 e. The van der Waals surface area contributed by atoms with Crippen LogP contribution in [0.25, 0.3) is 131 Å². The van der Waals surface area contributed by atoms with E-state index in [1.165, 1.54) is 40.3 Å². The van der Waals surface area contributed by atoms with Crippen LogP contribution in [0.2, 0.25) is 0 Å². The first-order valence-electron chi connectivity index (χ1n) is 24.5. The number of rotatable bonds is 8. The molecule has 10 aromatic carbocycles. The molecule has 0 unspecified atom stereocenters. The van der Waals surface area contributed by atoms with E-state index in [1.807, 2.05) is 84.9 Å². The standard InChI is InChI=1S/C33H20BrN3S.C33H21N3S.H2S.S/c34-23-18-19-28-27(20-23)30-26(16-9-17-29(30)38-28)33-36-31(22-12-5-2-6-13-22)35-32(37-33)25-15-8-7-14-24(25)21-10-3-1-4-11-21;1-3-12-22(13-4-1)24-16-7-8-17-25(24)32-34-31(23-14-5-2-6-15-23)35-33(36-32)27-19-11-21-29-30(27)26-18-9-10-20-28(26)37-29;;/h1-20H;1-21H;1H2;/q;;;-2/p-1. The average Bonchev–Trinajstić information content (AvgIpc) is 4.08. The third-order valence-corrected chi connectivity index (χ3v) is 15.9. The molecule has 0 aliphatic rings. The first kappa shape index (κ1) is 51.0. The SMILES string of the molecule is Brc1ccc2sc3cccc(-c4nc(-c5ccccc5)nc(-c5ccccc5-c5ccccc5)n4)c3c2c1.[S-2].[SH-].c1ccc(-c2nc(-c3ccccc3-c3ccccc3)nc(-c3cccc4sc5ccccc5c34)n2)cc1. The van der Waals surface area contributed by atoms with E-state index in [-0.39, 0.29) is 27.0 Å². The third kappa shape index (κ3) is 10.2. The molecule has 370 valence electrons. The minimum absolute atomic E-state index is 0. The molecule has 0 atom stereocenters. The molecule has 0 aliphatic heterocycles. The summed E-state index contributed by atoms with van der Waals surface area (Å²) in [5, 5.41) is 4.78. The van der Waals surface area contributed by atoms with Crippen LogP contribution in [0.15, 0.2) is 253 Å². The molecule has 4 heterocycles. The summed E-state index contributed by atoms with van der Waals surface area (Å²) in [5.41, 5.74) is 10.4. The van der Waals surface area contributed by atoms with Crippen molar-refractivity contribution in [2.24, 2.45) is 0 Å². The summed E-state index contributed by atoms with van der Waals surface area (Å²) in [5.74, 6) is 4.00. The molecule has 0 radical (unpaired) electrons. The van der Waals surface area contributed by atoms with Crippen molar-refractivity contribution < 1.29 is 0 Å². The van der Waals surface area contributed by atoms with Gasteiger partial charge in [-0.3, -0.25) is 0 Å². The molecule has 0 spiro atoms. The maximum Gasteiger partial charge on any atom is 0.164 e. The van der Waals surface area contributed by atoms with Crippen LogP contribution in [0.1, 0.15) is 0 Å². The fourth-order valence-electron chi connectivity index (χ4n) is 9.71. The Balaban J connectivity index is 0.000000160. The van der Waals surface area contributed by atoms with Gasteiger partial charge in [-0.1, -0.05) is 228 Å². The molecule has 0 bridgehead atoms. The quantitative estimate of drug-likeness (QED) is 0.111. The summed E-state index contributed by atoms with van der Waals surface area (Å²) in [6.45, 7) is 0. The zero-order valence-electron chi connectivity index (χ0n) is 40.9. The molecule has 11 heteroatoms. The van der Waals surface area contributed by atoms with Gasteiger partial charge in [-0.2, -0.15) is 0 Å². The van der Waals surface area contributed by atoms with E-state index in [9.17, 15) is 0 Å². The average molecular weight is 1130 g/mol. The second kappa shape index (κ2) is 22.6. The van der Waals surface area contributed by atoms with E-state index in [1.54, 1.807) is 22.7 Å². The predicted octanol–water partition coefficient (Wildman–Crippen LogP) is 18.3. The number of halogens is 1. The van der Waals surface area contributed by atoms with Gasteiger partial charge in [0.2, 0.25) is 0 Å². The smallest absolute Gasteiger partial charge is 0.164 e. The van der Waals surface area contributed by atoms with Gasteiger partial charge >= 0.3 is 0 Å². The molecule has 14 aromatic rings. The predicted molar refractivity (Wildman–Crippen MR) is 333 cm³/mol. The van der Waals surface area contributed by atoms with Crippen LogP contribution in [0.5, 0.6) is 0 Å². The number of benzene rings is 10. The van der Waals surface area contributed by atoms with Crippen LogP contribution in [-0.2, 0) is 27.0 Å². The highest BCUT2D eigenvalue weighted by molar-refractivity contribution is 9.10. The zero-order valence-corrected chi connectivity index (χ0v) is 45.8. The van der Waals surface area contributed by atoms with Crippen molar-refractivity contribution in [3.8, 4) is 90.6 Å². The molecular formula is C66H42BrN6S4-3. The lowest BCUT2D eigenvalue weighted by Crippen LogP contribution is -2.01. The maximum absolute atomic E-state index is 5.12. The Labute approximate surface area is 476 Å². The van der Waals surface area contributed by atoms with E-state index in [0.717, 1.165) is 60.1 Å².